The third-order valence-electron chi connectivity index (χ3n) is 1.27. The molecule has 1 N–H and O–H groups in total. The topological polar surface area (TPSA) is 29.1 Å². The minimum atomic E-state index is -4.15. The van der Waals surface area contributed by atoms with E-state index in [2.05, 4.69) is 5.32 Å². The van der Waals surface area contributed by atoms with Crippen molar-refractivity contribution < 1.29 is 18.0 Å². The van der Waals surface area contributed by atoms with Crippen LogP contribution in [0.2, 0.25) is 0 Å². The Bertz CT molecular complexity index is 145. The second-order valence-electron chi connectivity index (χ2n) is 2.29. The van der Waals surface area contributed by atoms with E-state index in [1.807, 2.05) is 0 Å². The average Bonchev–Trinajstić information content (AvgIpc) is 1.57. The molecule has 58 valence electrons. The minimum Gasteiger partial charge on any atom is -0.352 e. The van der Waals surface area contributed by atoms with Crippen LogP contribution in [-0.2, 0) is 4.79 Å². The molecule has 0 aromatic heterocycles. The van der Waals surface area contributed by atoms with Crippen molar-refractivity contribution in [1.82, 2.24) is 5.32 Å². The number of alkyl halides is 3. The fraction of sp³-hybridized carbons (Fsp3) is 0.800. The second kappa shape index (κ2) is 2.14. The summed E-state index contributed by atoms with van der Waals surface area (Å²) in [5.41, 5.74) is 0. The van der Waals surface area contributed by atoms with E-state index in [0.29, 0.717) is 0 Å². The maximum Gasteiger partial charge on any atom is 0.391 e. The number of halogens is 3. The van der Waals surface area contributed by atoms with Gasteiger partial charge < -0.3 is 5.32 Å². The molecule has 0 saturated carbocycles. The van der Waals surface area contributed by atoms with Gasteiger partial charge in [-0.1, -0.05) is 0 Å². The number of amides is 1. The van der Waals surface area contributed by atoms with Crippen LogP contribution in [0.25, 0.3) is 0 Å². The highest BCUT2D eigenvalue weighted by molar-refractivity contribution is 5.82. The Hall–Kier alpha value is -0.740. The maximum absolute atomic E-state index is 11.5. The molecule has 0 bridgehead atoms. The molecule has 0 aliphatic carbocycles. The van der Waals surface area contributed by atoms with Gasteiger partial charge in [-0.05, 0) is 0 Å². The van der Waals surface area contributed by atoms with Crippen molar-refractivity contribution in [3.8, 4) is 0 Å². The predicted octanol–water partition coefficient (Wildman–Crippen LogP) is 0.827. The molecule has 1 saturated heterocycles. The molecule has 0 aromatic carbocycles. The van der Waals surface area contributed by atoms with E-state index in [1.54, 1.807) is 0 Å². The van der Waals surface area contributed by atoms with Gasteiger partial charge in [-0.25, -0.2) is 0 Å². The molecule has 0 aromatic rings. The van der Waals surface area contributed by atoms with Crippen molar-refractivity contribution in [3.63, 3.8) is 0 Å². The summed E-state index contributed by atoms with van der Waals surface area (Å²) in [4.78, 5) is 10.1. The van der Waals surface area contributed by atoms with Gasteiger partial charge in [0.2, 0.25) is 5.91 Å². The van der Waals surface area contributed by atoms with Crippen molar-refractivity contribution >= 4 is 5.91 Å². The van der Waals surface area contributed by atoms with Crippen LogP contribution in [-0.4, -0.2) is 18.1 Å². The van der Waals surface area contributed by atoms with Gasteiger partial charge in [0.25, 0.3) is 0 Å². The third-order valence-corrected chi connectivity index (χ3v) is 1.27. The summed E-state index contributed by atoms with van der Waals surface area (Å²) in [5, 5.41) is 2.14. The molecule has 2 nitrogen and oxygen atoms in total. The van der Waals surface area contributed by atoms with Crippen LogP contribution in [0, 0.1) is 0 Å². The number of nitrogens with one attached hydrogen (secondary N) is 1. The summed E-state index contributed by atoms with van der Waals surface area (Å²) in [5.74, 6) is -0.297. The summed E-state index contributed by atoms with van der Waals surface area (Å²) < 4.78 is 34.5. The molecule has 1 atom stereocenters. The molecular weight excluding hydrogens is 147 g/mol. The summed E-state index contributed by atoms with van der Waals surface area (Å²) >= 11 is 0. The van der Waals surface area contributed by atoms with Crippen molar-refractivity contribution in [2.45, 2.75) is 25.1 Å². The first-order chi connectivity index (χ1) is 4.47. The van der Waals surface area contributed by atoms with Gasteiger partial charge in [-0.3, -0.25) is 4.79 Å². The highest BCUT2D eigenvalue weighted by Gasteiger charge is 2.37. The quantitative estimate of drug-likeness (QED) is 0.555. The Balaban J connectivity index is 2.22. The molecule has 1 heterocycles. The molecule has 1 fully saturated rings. The van der Waals surface area contributed by atoms with Crippen molar-refractivity contribution in [2.75, 3.05) is 0 Å². The summed E-state index contributed by atoms with van der Waals surface area (Å²) in [7, 11) is 0. The first kappa shape index (κ1) is 7.37. The molecule has 1 rings (SSSR count). The molecule has 5 heteroatoms. The van der Waals surface area contributed by atoms with E-state index in [4.69, 9.17) is 0 Å². The molecule has 1 aliphatic rings. The summed E-state index contributed by atoms with van der Waals surface area (Å²) in [6.07, 6.45) is -5.05. The largest absolute Gasteiger partial charge is 0.391 e. The average molecular weight is 153 g/mol. The van der Waals surface area contributed by atoms with Crippen molar-refractivity contribution in [3.05, 3.63) is 0 Å². The number of β-lactam (4-membered cyclic amide) rings is 1. The monoisotopic (exact) mass is 153 g/mol. The van der Waals surface area contributed by atoms with Crippen LogP contribution < -0.4 is 5.32 Å². The van der Waals surface area contributed by atoms with Gasteiger partial charge in [-0.2, -0.15) is 13.2 Å². The van der Waals surface area contributed by atoms with E-state index in [9.17, 15) is 18.0 Å². The van der Waals surface area contributed by atoms with Crippen LogP contribution >= 0.6 is 0 Å². The van der Waals surface area contributed by atoms with Crippen LogP contribution in [0.1, 0.15) is 12.8 Å². The van der Waals surface area contributed by atoms with E-state index in [-0.39, 0.29) is 12.3 Å². The van der Waals surface area contributed by atoms with E-state index in [0.717, 1.165) is 0 Å². The molecule has 1 aliphatic heterocycles. The molecule has 1 amide bonds. The minimum absolute atomic E-state index is 0.0134. The molecular formula is C5H6F3NO. The second-order valence-corrected chi connectivity index (χ2v) is 2.29. The highest BCUT2D eigenvalue weighted by Crippen LogP contribution is 2.25. The van der Waals surface area contributed by atoms with Gasteiger partial charge in [0.1, 0.15) is 0 Å². The lowest BCUT2D eigenvalue weighted by Gasteiger charge is -2.27. The molecule has 1 unspecified atom stereocenters. The zero-order valence-corrected chi connectivity index (χ0v) is 5.03. The number of hydrogen-bond acceptors (Lipinski definition) is 1. The Kier molecular flexibility index (Phi) is 1.58. The van der Waals surface area contributed by atoms with Crippen LogP contribution in [0.15, 0.2) is 0 Å². The van der Waals surface area contributed by atoms with Gasteiger partial charge in [0.05, 0.1) is 6.42 Å². The lowest BCUT2D eigenvalue weighted by Crippen LogP contribution is -2.50. The highest BCUT2D eigenvalue weighted by atomic mass is 19.4. The number of carbonyl (C=O) groups excluding carboxylic acids is 1. The summed E-state index contributed by atoms with van der Waals surface area (Å²) in [6, 6.07) is -0.674. The van der Waals surface area contributed by atoms with Crippen molar-refractivity contribution in [2.24, 2.45) is 0 Å². The lowest BCUT2D eigenvalue weighted by atomic mass is 10.0. The Morgan fingerprint density at radius 1 is 1.60 bits per heavy atom. The SMILES string of the molecule is O=C1CC(CC(F)(F)F)N1. The number of hydrogen-bond donors (Lipinski definition) is 1. The fourth-order valence-corrected chi connectivity index (χ4v) is 0.833. The smallest absolute Gasteiger partial charge is 0.352 e. The van der Waals surface area contributed by atoms with Crippen LogP contribution in [0.5, 0.6) is 0 Å². The summed E-state index contributed by atoms with van der Waals surface area (Å²) in [6.45, 7) is 0. The third kappa shape index (κ3) is 1.89. The fourth-order valence-electron chi connectivity index (χ4n) is 0.833. The number of rotatable bonds is 1. The van der Waals surface area contributed by atoms with Crippen LogP contribution in [0.4, 0.5) is 13.2 Å². The van der Waals surface area contributed by atoms with E-state index >= 15 is 0 Å². The first-order valence-electron chi connectivity index (χ1n) is 2.83. The van der Waals surface area contributed by atoms with E-state index < -0.39 is 18.6 Å². The van der Waals surface area contributed by atoms with Crippen molar-refractivity contribution in [1.29, 1.82) is 0 Å². The Labute approximate surface area is 55.4 Å². The maximum atomic E-state index is 11.5. The Morgan fingerprint density at radius 3 is 2.40 bits per heavy atom. The Morgan fingerprint density at radius 2 is 2.10 bits per heavy atom. The molecule has 0 spiro atoms. The molecule has 0 radical (unpaired) electrons. The zero-order valence-electron chi connectivity index (χ0n) is 5.03. The predicted molar refractivity (Wildman–Crippen MR) is 27.2 cm³/mol. The first-order valence-corrected chi connectivity index (χ1v) is 2.83. The van der Waals surface area contributed by atoms with Gasteiger partial charge >= 0.3 is 6.18 Å². The molecule has 10 heavy (non-hydrogen) atoms. The zero-order chi connectivity index (χ0) is 7.78. The van der Waals surface area contributed by atoms with E-state index in [1.165, 1.54) is 0 Å². The lowest BCUT2D eigenvalue weighted by molar-refractivity contribution is -0.151. The van der Waals surface area contributed by atoms with Gasteiger partial charge in [0.15, 0.2) is 0 Å². The number of carbonyl (C=O) groups is 1. The van der Waals surface area contributed by atoms with Gasteiger partial charge in [0, 0.05) is 12.5 Å². The van der Waals surface area contributed by atoms with Crippen LogP contribution in [0.3, 0.4) is 0 Å². The van der Waals surface area contributed by atoms with Gasteiger partial charge in [-0.15, -0.1) is 0 Å². The standard InChI is InChI=1S/C5H6F3NO/c6-5(7,8)2-3-1-4(10)9-3/h3H,1-2H2,(H,9,10). The normalized spacial score (nSPS) is 25.5.